The Morgan fingerprint density at radius 3 is 2.68 bits per heavy atom. The molecule has 2 aromatic carbocycles. The molecule has 1 aromatic heterocycles. The molecular weight excluding hydrogens is 312 g/mol. The van der Waals surface area contributed by atoms with Gasteiger partial charge in [-0.15, -0.1) is 5.10 Å². The van der Waals surface area contributed by atoms with E-state index in [-0.39, 0.29) is 11.7 Å². The third-order valence-corrected chi connectivity index (χ3v) is 4.34. The van der Waals surface area contributed by atoms with E-state index in [9.17, 15) is 4.79 Å². The van der Waals surface area contributed by atoms with E-state index in [2.05, 4.69) is 15.4 Å². The van der Waals surface area contributed by atoms with Crippen molar-refractivity contribution in [1.29, 1.82) is 0 Å². The number of benzene rings is 2. The number of carbonyl (C=O) groups is 1. The van der Waals surface area contributed by atoms with Crippen LogP contribution < -0.4 is 5.32 Å². The number of hydrogen-bond acceptors (Lipinski definition) is 3. The highest BCUT2D eigenvalue weighted by Crippen LogP contribution is 2.27. The van der Waals surface area contributed by atoms with Gasteiger partial charge in [-0.1, -0.05) is 42.5 Å². The molecule has 0 spiro atoms. The molecule has 0 atom stereocenters. The van der Waals surface area contributed by atoms with Crippen molar-refractivity contribution < 1.29 is 4.79 Å². The minimum absolute atomic E-state index is 0.209. The fourth-order valence-electron chi connectivity index (χ4n) is 2.76. The maximum Gasteiger partial charge on any atom is 0.291 e. The summed E-state index contributed by atoms with van der Waals surface area (Å²) in [4.78, 5) is 16.9. The van der Waals surface area contributed by atoms with Gasteiger partial charge in [0.2, 0.25) is 5.82 Å². The Hall–Kier alpha value is -2.95. The normalized spacial score (nSPS) is 13.6. The van der Waals surface area contributed by atoms with Crippen LogP contribution in [0.25, 0.3) is 17.1 Å². The van der Waals surface area contributed by atoms with Gasteiger partial charge in [0.05, 0.1) is 5.69 Å². The molecule has 1 amide bonds. The maximum atomic E-state index is 12.4. The van der Waals surface area contributed by atoms with E-state index in [1.54, 1.807) is 4.68 Å². The summed E-state index contributed by atoms with van der Waals surface area (Å²) in [5.74, 6) is 1.29. The molecule has 5 heteroatoms. The van der Waals surface area contributed by atoms with Crippen molar-refractivity contribution in [2.24, 2.45) is 5.92 Å². The molecule has 126 valence electrons. The van der Waals surface area contributed by atoms with Crippen molar-refractivity contribution in [3.8, 4) is 17.1 Å². The minimum atomic E-state index is -0.213. The standard InChI is InChI=1S/C20H20N4O/c1-14-6-5-9-17(12-14)24-19(16-7-3-2-4-8-16)22-18(23-24)20(25)21-13-15-10-11-15/h2-9,12,15H,10-11,13H2,1H3,(H,21,25). The van der Waals surface area contributed by atoms with Gasteiger partial charge in [0, 0.05) is 12.1 Å². The summed E-state index contributed by atoms with van der Waals surface area (Å²) in [5.41, 5.74) is 2.96. The van der Waals surface area contributed by atoms with Crippen LogP contribution in [-0.4, -0.2) is 27.2 Å². The van der Waals surface area contributed by atoms with Crippen molar-refractivity contribution in [2.45, 2.75) is 19.8 Å². The average Bonchev–Trinajstić information content (AvgIpc) is 3.36. The van der Waals surface area contributed by atoms with Gasteiger partial charge in [0.15, 0.2) is 5.82 Å². The molecule has 4 rings (SSSR count). The van der Waals surface area contributed by atoms with E-state index in [4.69, 9.17) is 0 Å². The number of hydrogen-bond donors (Lipinski definition) is 1. The van der Waals surface area contributed by atoms with Crippen LogP contribution >= 0.6 is 0 Å². The van der Waals surface area contributed by atoms with Gasteiger partial charge in [-0.05, 0) is 43.4 Å². The minimum Gasteiger partial charge on any atom is -0.349 e. The van der Waals surface area contributed by atoms with Crippen molar-refractivity contribution in [3.05, 3.63) is 66.0 Å². The van der Waals surface area contributed by atoms with E-state index in [1.807, 2.05) is 61.5 Å². The van der Waals surface area contributed by atoms with Crippen molar-refractivity contribution in [2.75, 3.05) is 6.54 Å². The van der Waals surface area contributed by atoms with Crippen molar-refractivity contribution in [1.82, 2.24) is 20.1 Å². The summed E-state index contributed by atoms with van der Waals surface area (Å²) in [6.45, 7) is 2.74. The van der Waals surface area contributed by atoms with Gasteiger partial charge >= 0.3 is 0 Å². The molecule has 1 aliphatic rings. The summed E-state index contributed by atoms with van der Waals surface area (Å²) in [6, 6.07) is 17.8. The van der Waals surface area contributed by atoms with Gasteiger partial charge in [-0.3, -0.25) is 4.79 Å². The third kappa shape index (κ3) is 3.45. The Labute approximate surface area is 146 Å². The summed E-state index contributed by atoms with van der Waals surface area (Å²) >= 11 is 0. The van der Waals surface area contributed by atoms with Crippen molar-refractivity contribution >= 4 is 5.91 Å². The van der Waals surface area contributed by atoms with Crippen molar-refractivity contribution in [3.63, 3.8) is 0 Å². The monoisotopic (exact) mass is 332 g/mol. The summed E-state index contributed by atoms with van der Waals surface area (Å²) < 4.78 is 1.74. The van der Waals surface area contributed by atoms with E-state index in [0.717, 1.165) is 16.8 Å². The Morgan fingerprint density at radius 2 is 1.96 bits per heavy atom. The second-order valence-corrected chi connectivity index (χ2v) is 6.53. The molecule has 3 aromatic rings. The number of nitrogens with one attached hydrogen (secondary N) is 1. The van der Waals surface area contributed by atoms with Gasteiger partial charge < -0.3 is 5.32 Å². The zero-order valence-electron chi connectivity index (χ0n) is 14.1. The lowest BCUT2D eigenvalue weighted by molar-refractivity contribution is 0.0941. The molecule has 1 heterocycles. The van der Waals surface area contributed by atoms with Gasteiger partial charge in [0.1, 0.15) is 0 Å². The molecule has 25 heavy (non-hydrogen) atoms. The van der Waals surface area contributed by atoms with Crippen LogP contribution in [0.5, 0.6) is 0 Å². The Morgan fingerprint density at radius 1 is 1.16 bits per heavy atom. The molecule has 0 radical (unpaired) electrons. The predicted molar refractivity (Wildman–Crippen MR) is 96.6 cm³/mol. The number of nitrogens with zero attached hydrogens (tertiary/aromatic N) is 3. The van der Waals surface area contributed by atoms with Crippen LogP contribution in [0.15, 0.2) is 54.6 Å². The van der Waals surface area contributed by atoms with Gasteiger partial charge in [-0.2, -0.15) is 0 Å². The first-order valence-corrected chi connectivity index (χ1v) is 8.58. The Bertz CT molecular complexity index is 897. The molecule has 1 fully saturated rings. The summed E-state index contributed by atoms with van der Waals surface area (Å²) in [7, 11) is 0. The zero-order valence-corrected chi connectivity index (χ0v) is 14.1. The van der Waals surface area contributed by atoms with Crippen LogP contribution in [-0.2, 0) is 0 Å². The Kier molecular flexibility index (Phi) is 4.06. The SMILES string of the molecule is Cc1cccc(-n2nc(C(=O)NCC3CC3)nc2-c2ccccc2)c1. The van der Waals surface area contributed by atoms with Crippen LogP contribution in [0.1, 0.15) is 29.0 Å². The molecule has 5 nitrogen and oxygen atoms in total. The third-order valence-electron chi connectivity index (χ3n) is 4.34. The number of carbonyl (C=O) groups excluding carboxylic acids is 1. The molecule has 0 unspecified atom stereocenters. The lowest BCUT2D eigenvalue weighted by Crippen LogP contribution is -2.26. The second kappa shape index (κ2) is 6.51. The van der Waals surface area contributed by atoms with E-state index < -0.39 is 0 Å². The quantitative estimate of drug-likeness (QED) is 0.779. The summed E-state index contributed by atoms with van der Waals surface area (Å²) in [6.07, 6.45) is 2.39. The highest BCUT2D eigenvalue weighted by Gasteiger charge is 2.24. The predicted octanol–water partition coefficient (Wildman–Crippen LogP) is 3.38. The lowest BCUT2D eigenvalue weighted by Gasteiger charge is -2.06. The average molecular weight is 332 g/mol. The molecule has 0 bridgehead atoms. The summed E-state index contributed by atoms with van der Waals surface area (Å²) in [5, 5.41) is 7.43. The second-order valence-electron chi connectivity index (χ2n) is 6.53. The number of amides is 1. The molecular formula is C20H20N4O. The number of aryl methyl sites for hydroxylation is 1. The topological polar surface area (TPSA) is 59.8 Å². The van der Waals surface area contributed by atoms with Crippen LogP contribution in [0.3, 0.4) is 0 Å². The maximum absolute atomic E-state index is 12.4. The Balaban J connectivity index is 1.73. The molecule has 0 saturated heterocycles. The number of aromatic nitrogens is 3. The fourth-order valence-corrected chi connectivity index (χ4v) is 2.76. The number of rotatable bonds is 5. The fraction of sp³-hybridized carbons (Fsp3) is 0.250. The molecule has 1 aliphatic carbocycles. The first-order valence-electron chi connectivity index (χ1n) is 8.58. The van der Waals surface area contributed by atoms with Crippen LogP contribution in [0.4, 0.5) is 0 Å². The van der Waals surface area contributed by atoms with E-state index in [1.165, 1.54) is 12.8 Å². The first-order chi connectivity index (χ1) is 12.2. The molecule has 1 saturated carbocycles. The van der Waals surface area contributed by atoms with E-state index in [0.29, 0.717) is 18.3 Å². The van der Waals surface area contributed by atoms with Gasteiger partial charge in [0.25, 0.3) is 5.91 Å². The van der Waals surface area contributed by atoms with E-state index >= 15 is 0 Å². The van der Waals surface area contributed by atoms with Crippen LogP contribution in [0.2, 0.25) is 0 Å². The first kappa shape index (κ1) is 15.6. The highest BCUT2D eigenvalue weighted by molar-refractivity contribution is 5.91. The van der Waals surface area contributed by atoms with Gasteiger partial charge in [-0.25, -0.2) is 9.67 Å². The lowest BCUT2D eigenvalue weighted by atomic mass is 10.2. The highest BCUT2D eigenvalue weighted by atomic mass is 16.2. The molecule has 0 aliphatic heterocycles. The smallest absolute Gasteiger partial charge is 0.291 e. The zero-order chi connectivity index (χ0) is 17.2. The largest absolute Gasteiger partial charge is 0.349 e. The van der Waals surface area contributed by atoms with Crippen LogP contribution in [0, 0.1) is 12.8 Å². The molecule has 1 N–H and O–H groups in total.